The molecule has 1 aliphatic heterocycles. The first kappa shape index (κ1) is 22.1. The first-order valence-electron chi connectivity index (χ1n) is 10.7. The summed E-state index contributed by atoms with van der Waals surface area (Å²) in [7, 11) is 0. The van der Waals surface area contributed by atoms with Crippen molar-refractivity contribution in [2.45, 2.75) is 45.4 Å². The minimum atomic E-state index is -0.799. The third kappa shape index (κ3) is 4.32. The van der Waals surface area contributed by atoms with Crippen LogP contribution in [0.3, 0.4) is 0 Å². The number of benzene rings is 1. The highest BCUT2D eigenvalue weighted by molar-refractivity contribution is 5.98. The Morgan fingerprint density at radius 1 is 1.18 bits per heavy atom. The van der Waals surface area contributed by atoms with E-state index >= 15 is 0 Å². The van der Waals surface area contributed by atoms with Crippen LogP contribution in [0.4, 0.5) is 11.5 Å². The molecule has 1 aliphatic rings. The number of nitrogens with zero attached hydrogens (tertiary/aromatic N) is 2. The Labute approximate surface area is 188 Å². The van der Waals surface area contributed by atoms with Gasteiger partial charge in [0.2, 0.25) is 5.91 Å². The van der Waals surface area contributed by atoms with E-state index in [1.54, 1.807) is 36.4 Å². The molecule has 1 amide bonds. The number of nitrogens with one attached hydrogen (secondary N) is 1. The van der Waals surface area contributed by atoms with Gasteiger partial charge in [0.05, 0.1) is 24.8 Å². The van der Waals surface area contributed by atoms with Gasteiger partial charge < -0.3 is 14.9 Å². The fourth-order valence-corrected chi connectivity index (χ4v) is 3.87. The highest BCUT2D eigenvalue weighted by Gasteiger charge is 2.35. The zero-order chi connectivity index (χ0) is 23.5. The molecule has 0 saturated heterocycles. The Morgan fingerprint density at radius 3 is 2.70 bits per heavy atom. The molecule has 3 N–H and O–H groups in total. The van der Waals surface area contributed by atoms with Crippen LogP contribution in [0.25, 0.3) is 0 Å². The Kier molecular flexibility index (Phi) is 6.16. The second-order valence-electron chi connectivity index (χ2n) is 7.74. The molecule has 3 heterocycles. The standard InChI is InChI=1S/C23H24N4O6/c1-2-3-10-26-20(24)19(21(29)25-23(26)31)27(13-14-7-6-11-32-14)18(28)12-17-15-8-4-5-9-16(15)22(30)33-17/h4-9,11,17H,2-3,10,12-13,24H2,1H3,(H,25,29,31)/t17-/m1/s1. The van der Waals surface area contributed by atoms with Crippen LogP contribution in [0.2, 0.25) is 0 Å². The monoisotopic (exact) mass is 452 g/mol. The number of unbranched alkanes of at least 4 members (excludes halogenated alkanes) is 1. The van der Waals surface area contributed by atoms with Crippen molar-refractivity contribution in [3.8, 4) is 0 Å². The molecule has 172 valence electrons. The Balaban J connectivity index is 1.72. The summed E-state index contributed by atoms with van der Waals surface area (Å²) in [6.07, 6.45) is 1.91. The molecule has 0 fully saturated rings. The summed E-state index contributed by atoms with van der Waals surface area (Å²) in [5, 5.41) is 0. The largest absolute Gasteiger partial charge is 0.467 e. The first-order valence-corrected chi connectivity index (χ1v) is 10.7. The first-order chi connectivity index (χ1) is 15.9. The maximum atomic E-state index is 13.5. The van der Waals surface area contributed by atoms with Gasteiger partial charge in [-0.2, -0.15) is 0 Å². The van der Waals surface area contributed by atoms with Crippen LogP contribution >= 0.6 is 0 Å². The lowest BCUT2D eigenvalue weighted by Crippen LogP contribution is -2.41. The summed E-state index contributed by atoms with van der Waals surface area (Å²) in [4.78, 5) is 54.2. The van der Waals surface area contributed by atoms with Crippen molar-refractivity contribution in [3.63, 3.8) is 0 Å². The van der Waals surface area contributed by atoms with E-state index in [-0.39, 0.29) is 24.5 Å². The van der Waals surface area contributed by atoms with Gasteiger partial charge in [-0.1, -0.05) is 31.5 Å². The van der Waals surface area contributed by atoms with Gasteiger partial charge in [-0.3, -0.25) is 24.0 Å². The van der Waals surface area contributed by atoms with Crippen molar-refractivity contribution >= 4 is 23.4 Å². The number of aromatic amines is 1. The Morgan fingerprint density at radius 2 is 1.97 bits per heavy atom. The lowest BCUT2D eigenvalue weighted by atomic mass is 10.0. The Hall–Kier alpha value is -4.08. The zero-order valence-corrected chi connectivity index (χ0v) is 18.1. The number of hydrogen-bond acceptors (Lipinski definition) is 7. The molecule has 10 nitrogen and oxygen atoms in total. The minimum Gasteiger partial charge on any atom is -0.467 e. The van der Waals surface area contributed by atoms with Gasteiger partial charge in [0.25, 0.3) is 5.56 Å². The highest BCUT2D eigenvalue weighted by atomic mass is 16.5. The number of rotatable bonds is 8. The van der Waals surface area contributed by atoms with Crippen LogP contribution in [-0.4, -0.2) is 21.4 Å². The van der Waals surface area contributed by atoms with Gasteiger partial charge in [0.1, 0.15) is 17.7 Å². The number of ether oxygens (including phenoxy) is 1. The van der Waals surface area contributed by atoms with Crippen molar-refractivity contribution in [3.05, 3.63) is 80.4 Å². The molecular formula is C23H24N4O6. The summed E-state index contributed by atoms with van der Waals surface area (Å²) < 4.78 is 12.0. The number of carbonyl (C=O) groups excluding carboxylic acids is 2. The minimum absolute atomic E-state index is 0.0899. The summed E-state index contributed by atoms with van der Waals surface area (Å²) >= 11 is 0. The quantitative estimate of drug-likeness (QED) is 0.500. The molecule has 2 aromatic heterocycles. The summed E-state index contributed by atoms with van der Waals surface area (Å²) in [5.41, 5.74) is 5.66. The van der Waals surface area contributed by atoms with Crippen molar-refractivity contribution in [2.24, 2.45) is 0 Å². The van der Waals surface area contributed by atoms with Gasteiger partial charge in [-0.25, -0.2) is 9.59 Å². The number of esters is 1. The molecule has 4 rings (SSSR count). The van der Waals surface area contributed by atoms with Gasteiger partial charge in [0, 0.05) is 12.1 Å². The predicted molar refractivity (Wildman–Crippen MR) is 120 cm³/mol. The number of hydrogen-bond donors (Lipinski definition) is 2. The summed E-state index contributed by atoms with van der Waals surface area (Å²) in [6.45, 7) is 2.16. The molecule has 10 heteroatoms. The van der Waals surface area contributed by atoms with Gasteiger partial charge in [-0.05, 0) is 24.6 Å². The van der Waals surface area contributed by atoms with Crippen LogP contribution in [0.1, 0.15) is 54.0 Å². The molecule has 0 unspecified atom stereocenters. The van der Waals surface area contributed by atoms with Crippen molar-refractivity contribution in [2.75, 3.05) is 10.6 Å². The van der Waals surface area contributed by atoms with Gasteiger partial charge in [-0.15, -0.1) is 0 Å². The van der Waals surface area contributed by atoms with Crippen LogP contribution in [-0.2, 0) is 22.6 Å². The van der Waals surface area contributed by atoms with Crippen LogP contribution in [0.5, 0.6) is 0 Å². The lowest BCUT2D eigenvalue weighted by molar-refractivity contribution is -0.120. The van der Waals surface area contributed by atoms with Crippen molar-refractivity contribution < 1.29 is 18.7 Å². The number of anilines is 2. The van der Waals surface area contributed by atoms with Crippen molar-refractivity contribution in [1.82, 2.24) is 9.55 Å². The third-order valence-corrected chi connectivity index (χ3v) is 5.55. The molecule has 0 aliphatic carbocycles. The average molecular weight is 452 g/mol. The van der Waals surface area contributed by atoms with E-state index in [2.05, 4.69) is 4.98 Å². The third-order valence-electron chi connectivity index (χ3n) is 5.55. The topological polar surface area (TPSA) is 141 Å². The zero-order valence-electron chi connectivity index (χ0n) is 18.1. The van der Waals surface area contributed by atoms with Crippen molar-refractivity contribution in [1.29, 1.82) is 0 Å². The fraction of sp³-hybridized carbons (Fsp3) is 0.304. The van der Waals surface area contributed by atoms with Crippen LogP contribution in [0.15, 0.2) is 56.7 Å². The summed E-state index contributed by atoms with van der Waals surface area (Å²) in [5.74, 6) is -0.719. The second kappa shape index (κ2) is 9.19. The van der Waals surface area contributed by atoms with Crippen LogP contribution < -0.4 is 21.9 Å². The van der Waals surface area contributed by atoms with Gasteiger partial charge in [0.15, 0.2) is 5.69 Å². The molecule has 1 aromatic carbocycles. The Bertz CT molecular complexity index is 1290. The number of H-pyrrole nitrogens is 1. The predicted octanol–water partition coefficient (Wildman–Crippen LogP) is 2.35. The normalized spacial score (nSPS) is 14.7. The molecule has 33 heavy (non-hydrogen) atoms. The number of carbonyl (C=O) groups is 2. The average Bonchev–Trinajstić information content (AvgIpc) is 3.41. The summed E-state index contributed by atoms with van der Waals surface area (Å²) in [6, 6.07) is 10.1. The van der Waals surface area contributed by atoms with E-state index in [1.807, 2.05) is 6.92 Å². The van der Waals surface area contributed by atoms with Crippen LogP contribution in [0, 0.1) is 0 Å². The molecule has 0 spiro atoms. The second-order valence-corrected chi connectivity index (χ2v) is 7.74. The number of fused-ring (bicyclic) bond motifs is 1. The number of aromatic nitrogens is 2. The van der Waals surface area contributed by atoms with Gasteiger partial charge >= 0.3 is 11.7 Å². The van der Waals surface area contributed by atoms with E-state index in [4.69, 9.17) is 14.9 Å². The highest BCUT2D eigenvalue weighted by Crippen LogP contribution is 2.34. The molecule has 3 aromatic rings. The molecule has 0 bridgehead atoms. The molecule has 1 atom stereocenters. The number of nitrogen functional groups attached to an aromatic ring is 1. The van der Waals surface area contributed by atoms with E-state index in [0.717, 1.165) is 6.42 Å². The smallest absolute Gasteiger partial charge is 0.339 e. The number of cyclic esters (lactones) is 1. The SMILES string of the molecule is CCCCn1c(N)c(N(Cc2ccco2)C(=O)C[C@H]2OC(=O)c3ccccc32)c(=O)[nH]c1=O. The van der Waals surface area contributed by atoms with E-state index in [1.165, 1.54) is 15.7 Å². The number of amides is 1. The fourth-order valence-electron chi connectivity index (χ4n) is 3.87. The number of nitrogens with two attached hydrogens (primary N) is 1. The molecule has 0 saturated carbocycles. The molecular weight excluding hydrogens is 428 g/mol. The van der Waals surface area contributed by atoms with E-state index in [9.17, 15) is 19.2 Å². The number of furan rings is 1. The van der Waals surface area contributed by atoms with E-state index < -0.39 is 29.2 Å². The van der Waals surface area contributed by atoms with E-state index in [0.29, 0.717) is 29.9 Å². The maximum absolute atomic E-state index is 13.5. The lowest BCUT2D eigenvalue weighted by Gasteiger charge is -2.25. The molecule has 0 radical (unpaired) electrons. The maximum Gasteiger partial charge on any atom is 0.339 e.